The Labute approximate surface area is 190 Å². The van der Waals surface area contributed by atoms with Crippen molar-refractivity contribution in [3.63, 3.8) is 0 Å². The van der Waals surface area contributed by atoms with E-state index in [4.69, 9.17) is 4.74 Å². The molecule has 0 saturated carbocycles. The number of carbonyl (C=O) groups excluding carboxylic acids is 1. The van der Waals surface area contributed by atoms with Gasteiger partial charge in [0.2, 0.25) is 0 Å². The van der Waals surface area contributed by atoms with Crippen molar-refractivity contribution < 1.29 is 9.53 Å². The van der Waals surface area contributed by atoms with E-state index in [1.54, 1.807) is 7.11 Å². The van der Waals surface area contributed by atoms with Crippen LogP contribution in [-0.4, -0.2) is 44.1 Å². The van der Waals surface area contributed by atoms with E-state index < -0.39 is 0 Å². The Bertz CT molecular complexity index is 1100. The molecule has 1 heterocycles. The second-order valence-electron chi connectivity index (χ2n) is 8.20. The monoisotopic (exact) mass is 426 g/mol. The standard InChI is InChI=1S/C28H30N2O2/c1-21-8-7-11-27(22(21)2)29-16-18-30(19-17-29)28(31)26(24-9-5-4-6-10-24)20-23-12-14-25(32-3)15-13-23/h4-15,20H,16-19H2,1-3H3/b26-20+. The average molecular weight is 427 g/mol. The Kier molecular flexibility index (Phi) is 6.60. The van der Waals surface area contributed by atoms with Gasteiger partial charge >= 0.3 is 0 Å². The molecule has 4 heteroatoms. The molecule has 32 heavy (non-hydrogen) atoms. The number of rotatable bonds is 5. The SMILES string of the molecule is COc1ccc(/C=C(/C(=O)N2CCN(c3cccc(C)c3C)CC2)c2ccccc2)cc1. The van der Waals surface area contributed by atoms with Crippen LogP contribution in [0.1, 0.15) is 22.3 Å². The summed E-state index contributed by atoms with van der Waals surface area (Å²) >= 11 is 0. The molecule has 0 N–H and O–H groups in total. The van der Waals surface area contributed by atoms with Crippen LogP contribution in [0.25, 0.3) is 11.6 Å². The van der Waals surface area contributed by atoms with Gasteiger partial charge in [-0.15, -0.1) is 0 Å². The smallest absolute Gasteiger partial charge is 0.254 e. The first-order valence-electron chi connectivity index (χ1n) is 11.1. The van der Waals surface area contributed by atoms with Gasteiger partial charge in [-0.1, -0.05) is 54.6 Å². The summed E-state index contributed by atoms with van der Waals surface area (Å²) in [7, 11) is 1.65. The number of hydrogen-bond acceptors (Lipinski definition) is 3. The van der Waals surface area contributed by atoms with Crippen LogP contribution in [0.4, 0.5) is 5.69 Å². The van der Waals surface area contributed by atoms with Crippen molar-refractivity contribution in [2.75, 3.05) is 38.2 Å². The first-order chi connectivity index (χ1) is 15.6. The first kappa shape index (κ1) is 21.7. The van der Waals surface area contributed by atoms with Crippen LogP contribution in [0, 0.1) is 13.8 Å². The summed E-state index contributed by atoms with van der Waals surface area (Å²) in [5.74, 6) is 0.880. The lowest BCUT2D eigenvalue weighted by Gasteiger charge is -2.37. The summed E-state index contributed by atoms with van der Waals surface area (Å²) in [5, 5.41) is 0. The van der Waals surface area contributed by atoms with Crippen LogP contribution in [-0.2, 0) is 4.79 Å². The van der Waals surface area contributed by atoms with Crippen molar-refractivity contribution in [2.24, 2.45) is 0 Å². The molecule has 4 nitrogen and oxygen atoms in total. The maximum atomic E-state index is 13.6. The van der Waals surface area contributed by atoms with E-state index in [-0.39, 0.29) is 5.91 Å². The third-order valence-electron chi connectivity index (χ3n) is 6.23. The van der Waals surface area contributed by atoms with Gasteiger partial charge in [-0.3, -0.25) is 4.79 Å². The number of nitrogens with zero attached hydrogens (tertiary/aromatic N) is 2. The van der Waals surface area contributed by atoms with Crippen molar-refractivity contribution in [3.05, 3.63) is 95.1 Å². The molecule has 0 atom stereocenters. The zero-order chi connectivity index (χ0) is 22.5. The summed E-state index contributed by atoms with van der Waals surface area (Å²) in [4.78, 5) is 18.0. The lowest BCUT2D eigenvalue weighted by Crippen LogP contribution is -2.49. The van der Waals surface area contributed by atoms with Gasteiger partial charge in [0, 0.05) is 37.4 Å². The zero-order valence-corrected chi connectivity index (χ0v) is 19.0. The molecule has 1 aliphatic rings. The zero-order valence-electron chi connectivity index (χ0n) is 19.0. The minimum atomic E-state index is 0.0765. The molecule has 0 bridgehead atoms. The second kappa shape index (κ2) is 9.73. The lowest BCUT2D eigenvalue weighted by molar-refractivity contribution is -0.125. The number of aryl methyl sites for hydroxylation is 1. The minimum absolute atomic E-state index is 0.0765. The summed E-state index contributed by atoms with van der Waals surface area (Å²) in [5.41, 5.74) is 6.52. The van der Waals surface area contributed by atoms with Gasteiger partial charge in [0.15, 0.2) is 0 Å². The molecule has 1 saturated heterocycles. The molecular formula is C28H30N2O2. The molecule has 1 amide bonds. The van der Waals surface area contributed by atoms with E-state index in [9.17, 15) is 4.79 Å². The molecule has 0 unspecified atom stereocenters. The topological polar surface area (TPSA) is 32.8 Å². The highest BCUT2D eigenvalue weighted by Gasteiger charge is 2.25. The van der Waals surface area contributed by atoms with E-state index in [1.807, 2.05) is 65.6 Å². The van der Waals surface area contributed by atoms with E-state index in [0.717, 1.165) is 35.5 Å². The molecule has 1 fully saturated rings. The predicted octanol–water partition coefficient (Wildman–Crippen LogP) is 5.20. The predicted molar refractivity (Wildman–Crippen MR) is 132 cm³/mol. The third kappa shape index (κ3) is 4.70. The normalized spacial score (nSPS) is 14.4. The maximum Gasteiger partial charge on any atom is 0.254 e. The first-order valence-corrected chi connectivity index (χ1v) is 11.1. The molecule has 4 rings (SSSR count). The lowest BCUT2D eigenvalue weighted by atomic mass is 10.0. The number of carbonyl (C=O) groups is 1. The molecule has 0 spiro atoms. The molecule has 0 radical (unpaired) electrons. The van der Waals surface area contributed by atoms with Crippen LogP contribution in [0.15, 0.2) is 72.8 Å². The van der Waals surface area contributed by atoms with Gasteiger partial charge in [-0.2, -0.15) is 0 Å². The van der Waals surface area contributed by atoms with Gasteiger partial charge in [-0.05, 0) is 60.4 Å². The van der Waals surface area contributed by atoms with Crippen LogP contribution in [0.2, 0.25) is 0 Å². The molecule has 3 aromatic rings. The number of hydrogen-bond donors (Lipinski definition) is 0. The highest BCUT2D eigenvalue weighted by atomic mass is 16.5. The van der Waals surface area contributed by atoms with E-state index in [2.05, 4.69) is 36.9 Å². The van der Waals surface area contributed by atoms with Crippen molar-refractivity contribution in [1.82, 2.24) is 4.90 Å². The highest BCUT2D eigenvalue weighted by Crippen LogP contribution is 2.26. The largest absolute Gasteiger partial charge is 0.497 e. The van der Waals surface area contributed by atoms with Gasteiger partial charge in [0.1, 0.15) is 5.75 Å². The van der Waals surface area contributed by atoms with Crippen molar-refractivity contribution in [3.8, 4) is 5.75 Å². The quantitative estimate of drug-likeness (QED) is 0.415. The number of amides is 1. The van der Waals surface area contributed by atoms with E-state index in [1.165, 1.54) is 16.8 Å². The Hall–Kier alpha value is -3.53. The number of benzene rings is 3. The van der Waals surface area contributed by atoms with Crippen molar-refractivity contribution >= 4 is 23.2 Å². The molecule has 1 aliphatic heterocycles. The average Bonchev–Trinajstić information content (AvgIpc) is 2.85. The molecule has 0 aromatic heterocycles. The summed E-state index contributed by atoms with van der Waals surface area (Å²) in [6.07, 6.45) is 1.98. The number of anilines is 1. The third-order valence-corrected chi connectivity index (χ3v) is 6.23. The summed E-state index contributed by atoms with van der Waals surface area (Å²) < 4.78 is 5.26. The van der Waals surface area contributed by atoms with Crippen LogP contribution in [0.3, 0.4) is 0 Å². The van der Waals surface area contributed by atoms with Gasteiger partial charge in [-0.25, -0.2) is 0 Å². The number of piperazine rings is 1. The molecule has 0 aliphatic carbocycles. The fourth-order valence-electron chi connectivity index (χ4n) is 4.15. The van der Waals surface area contributed by atoms with Crippen LogP contribution in [0.5, 0.6) is 5.75 Å². The van der Waals surface area contributed by atoms with Gasteiger partial charge in [0.25, 0.3) is 5.91 Å². The van der Waals surface area contributed by atoms with E-state index in [0.29, 0.717) is 13.1 Å². The molecular weight excluding hydrogens is 396 g/mol. The Morgan fingerprint density at radius 1 is 0.844 bits per heavy atom. The van der Waals surface area contributed by atoms with Crippen LogP contribution < -0.4 is 9.64 Å². The van der Waals surface area contributed by atoms with Crippen LogP contribution >= 0.6 is 0 Å². The Morgan fingerprint density at radius 2 is 1.53 bits per heavy atom. The summed E-state index contributed by atoms with van der Waals surface area (Å²) in [6.45, 7) is 7.40. The van der Waals surface area contributed by atoms with Crippen molar-refractivity contribution in [2.45, 2.75) is 13.8 Å². The molecule has 3 aromatic carbocycles. The van der Waals surface area contributed by atoms with Gasteiger partial charge < -0.3 is 14.5 Å². The van der Waals surface area contributed by atoms with Gasteiger partial charge in [0.05, 0.1) is 7.11 Å². The second-order valence-corrected chi connectivity index (χ2v) is 8.20. The Morgan fingerprint density at radius 3 is 2.19 bits per heavy atom. The number of methoxy groups -OCH3 is 1. The minimum Gasteiger partial charge on any atom is -0.497 e. The number of ether oxygens (including phenoxy) is 1. The fraction of sp³-hybridized carbons (Fsp3) is 0.250. The molecule has 164 valence electrons. The fourth-order valence-corrected chi connectivity index (χ4v) is 4.15. The highest BCUT2D eigenvalue weighted by molar-refractivity contribution is 6.24. The maximum absolute atomic E-state index is 13.6. The Balaban J connectivity index is 1.55. The van der Waals surface area contributed by atoms with E-state index >= 15 is 0 Å². The summed E-state index contributed by atoms with van der Waals surface area (Å²) in [6, 6.07) is 24.2. The van der Waals surface area contributed by atoms with Crippen molar-refractivity contribution in [1.29, 1.82) is 0 Å².